The van der Waals surface area contributed by atoms with Crippen molar-refractivity contribution < 1.29 is 19.5 Å². The molecule has 2 aliphatic heterocycles. The maximum Gasteiger partial charge on any atom is 0.305 e. The van der Waals surface area contributed by atoms with E-state index in [1.54, 1.807) is 30.4 Å². The van der Waals surface area contributed by atoms with Crippen LogP contribution in [-0.2, 0) is 9.53 Å². The highest BCUT2D eigenvalue weighted by Gasteiger charge is 2.31. The molecule has 6 nitrogen and oxygen atoms in total. The van der Waals surface area contributed by atoms with Gasteiger partial charge in [0.25, 0.3) is 6.29 Å². The number of amidine groups is 1. The van der Waals surface area contributed by atoms with Crippen LogP contribution in [0.4, 0.5) is 5.69 Å². The number of hydrogen-bond donors (Lipinski definition) is 1. The fourth-order valence-corrected chi connectivity index (χ4v) is 1.99. The first-order chi connectivity index (χ1) is 9.65. The third-order valence-corrected chi connectivity index (χ3v) is 2.83. The maximum atomic E-state index is 11.2. The fraction of sp³-hybridized carbons (Fsp3) is 0.143. The predicted octanol–water partition coefficient (Wildman–Crippen LogP) is 2.14. The summed E-state index contributed by atoms with van der Waals surface area (Å²) in [4.78, 5) is 15.6. The molecule has 0 fully saturated rings. The lowest BCUT2D eigenvalue weighted by atomic mass is 10.1. The molecule has 0 saturated heterocycles. The van der Waals surface area contributed by atoms with Crippen LogP contribution in [0.25, 0.3) is 0 Å². The van der Waals surface area contributed by atoms with E-state index in [0.717, 1.165) is 5.06 Å². The summed E-state index contributed by atoms with van der Waals surface area (Å²) >= 11 is 0. The molecule has 1 aromatic carbocycles. The van der Waals surface area contributed by atoms with Crippen molar-refractivity contribution in [1.82, 2.24) is 5.06 Å². The molecule has 6 heteroatoms. The lowest BCUT2D eigenvalue weighted by Gasteiger charge is -2.24. The molecule has 0 aliphatic carbocycles. The van der Waals surface area contributed by atoms with E-state index in [9.17, 15) is 10.0 Å². The molecule has 1 atom stereocenters. The molecule has 102 valence electrons. The maximum absolute atomic E-state index is 11.2. The van der Waals surface area contributed by atoms with Gasteiger partial charge in [0.2, 0.25) is 0 Å². The Labute approximate surface area is 115 Å². The molecule has 0 aromatic heterocycles. The molecule has 20 heavy (non-hydrogen) atoms. The molecule has 0 saturated carbocycles. The second kappa shape index (κ2) is 4.82. The lowest BCUT2D eigenvalue weighted by Crippen LogP contribution is -2.35. The molecule has 0 bridgehead atoms. The number of ether oxygens (including phenoxy) is 2. The SMILES string of the molecule is CC(=O)OC1Oc2ccccc2N=C2C1=CC=CN2O. The number of esters is 1. The van der Waals surface area contributed by atoms with E-state index in [4.69, 9.17) is 9.47 Å². The van der Waals surface area contributed by atoms with Crippen LogP contribution < -0.4 is 4.74 Å². The summed E-state index contributed by atoms with van der Waals surface area (Å²) in [6.07, 6.45) is 3.80. The van der Waals surface area contributed by atoms with E-state index in [1.165, 1.54) is 13.1 Å². The normalized spacial score (nSPS) is 19.9. The Kier molecular flexibility index (Phi) is 3.00. The van der Waals surface area contributed by atoms with Crippen molar-refractivity contribution in [3.8, 4) is 5.75 Å². The van der Waals surface area contributed by atoms with Crippen LogP contribution in [0.15, 0.2) is 53.2 Å². The molecule has 1 unspecified atom stereocenters. The second-order valence-corrected chi connectivity index (χ2v) is 4.27. The van der Waals surface area contributed by atoms with Gasteiger partial charge in [-0.3, -0.25) is 10.0 Å². The quantitative estimate of drug-likeness (QED) is 0.793. The summed E-state index contributed by atoms with van der Waals surface area (Å²) in [5.74, 6) is 0.271. The first kappa shape index (κ1) is 12.4. The van der Waals surface area contributed by atoms with Gasteiger partial charge in [-0.25, -0.2) is 10.1 Å². The molecule has 3 rings (SSSR count). The van der Waals surface area contributed by atoms with Gasteiger partial charge < -0.3 is 9.47 Å². The minimum Gasteiger partial charge on any atom is -0.448 e. The Bertz CT molecular complexity index is 648. The fourth-order valence-electron chi connectivity index (χ4n) is 1.99. The van der Waals surface area contributed by atoms with Gasteiger partial charge in [0.05, 0.1) is 5.57 Å². The van der Waals surface area contributed by atoms with E-state index in [-0.39, 0.29) is 5.84 Å². The summed E-state index contributed by atoms with van der Waals surface area (Å²) in [5.41, 5.74) is 1.03. The zero-order valence-corrected chi connectivity index (χ0v) is 10.7. The average Bonchev–Trinajstić information content (AvgIpc) is 2.56. The first-order valence-corrected chi connectivity index (χ1v) is 6.03. The van der Waals surface area contributed by atoms with Gasteiger partial charge in [-0.05, 0) is 24.3 Å². The van der Waals surface area contributed by atoms with Gasteiger partial charge in [0, 0.05) is 13.1 Å². The average molecular weight is 272 g/mol. The number of aliphatic imine (C=N–C) groups is 1. The van der Waals surface area contributed by atoms with Crippen LogP contribution >= 0.6 is 0 Å². The number of rotatable bonds is 1. The van der Waals surface area contributed by atoms with Crippen LogP contribution in [-0.4, -0.2) is 28.4 Å². The van der Waals surface area contributed by atoms with Crippen molar-refractivity contribution in [1.29, 1.82) is 0 Å². The van der Waals surface area contributed by atoms with Crippen molar-refractivity contribution in [2.45, 2.75) is 13.2 Å². The van der Waals surface area contributed by atoms with Crippen molar-refractivity contribution in [3.05, 3.63) is 48.2 Å². The number of benzene rings is 1. The van der Waals surface area contributed by atoms with Gasteiger partial charge in [-0.1, -0.05) is 12.1 Å². The number of carbonyl (C=O) groups is 1. The van der Waals surface area contributed by atoms with Crippen molar-refractivity contribution in [2.24, 2.45) is 4.99 Å². The number of carbonyl (C=O) groups excluding carboxylic acids is 1. The Balaban J connectivity index is 2.11. The third-order valence-electron chi connectivity index (χ3n) is 2.83. The minimum absolute atomic E-state index is 0.267. The van der Waals surface area contributed by atoms with Crippen molar-refractivity contribution in [3.63, 3.8) is 0 Å². The highest BCUT2D eigenvalue weighted by atomic mass is 16.7. The Morgan fingerprint density at radius 1 is 1.45 bits per heavy atom. The third kappa shape index (κ3) is 2.17. The number of hydrogen-bond acceptors (Lipinski definition) is 6. The molecule has 0 radical (unpaired) electrons. The van der Waals surface area contributed by atoms with Crippen LogP contribution in [0.5, 0.6) is 5.75 Å². The number of allylic oxidation sites excluding steroid dienone is 2. The van der Waals surface area contributed by atoms with E-state index in [2.05, 4.69) is 4.99 Å². The zero-order chi connectivity index (χ0) is 14.1. The van der Waals surface area contributed by atoms with Gasteiger partial charge in [-0.15, -0.1) is 0 Å². The highest BCUT2D eigenvalue weighted by Crippen LogP contribution is 2.34. The molecule has 2 aliphatic rings. The smallest absolute Gasteiger partial charge is 0.305 e. The number of nitrogens with zero attached hydrogens (tertiary/aromatic N) is 2. The van der Waals surface area contributed by atoms with Gasteiger partial charge in [0.15, 0.2) is 5.84 Å². The number of fused-ring (bicyclic) bond motifs is 2. The lowest BCUT2D eigenvalue weighted by molar-refractivity contribution is -0.155. The molecule has 1 N–H and O–H groups in total. The predicted molar refractivity (Wildman–Crippen MR) is 70.6 cm³/mol. The Hall–Kier alpha value is -2.60. The standard InChI is InChI=1S/C14H12N2O4/c1-9(17)19-14-10-5-4-8-16(18)13(10)15-11-6-2-3-7-12(11)20-14/h2-8,14,18H,1H3. The van der Waals surface area contributed by atoms with Crippen LogP contribution in [0.3, 0.4) is 0 Å². The first-order valence-electron chi connectivity index (χ1n) is 6.03. The monoisotopic (exact) mass is 272 g/mol. The molecule has 0 spiro atoms. The molecular formula is C14H12N2O4. The zero-order valence-electron chi connectivity index (χ0n) is 10.7. The van der Waals surface area contributed by atoms with E-state index < -0.39 is 12.3 Å². The summed E-state index contributed by atoms with van der Waals surface area (Å²) in [6, 6.07) is 7.08. The summed E-state index contributed by atoms with van der Waals surface area (Å²) < 4.78 is 10.9. The molecular weight excluding hydrogens is 260 g/mol. The molecule has 2 heterocycles. The van der Waals surface area contributed by atoms with Gasteiger partial charge in [0.1, 0.15) is 11.4 Å². The van der Waals surface area contributed by atoms with E-state index in [0.29, 0.717) is 17.0 Å². The van der Waals surface area contributed by atoms with Crippen molar-refractivity contribution in [2.75, 3.05) is 0 Å². The number of para-hydroxylation sites is 2. The van der Waals surface area contributed by atoms with Crippen LogP contribution in [0.1, 0.15) is 6.92 Å². The summed E-state index contributed by atoms with van der Waals surface area (Å²) in [5, 5.41) is 10.8. The Morgan fingerprint density at radius 2 is 2.25 bits per heavy atom. The van der Waals surface area contributed by atoms with Crippen molar-refractivity contribution >= 4 is 17.5 Å². The Morgan fingerprint density at radius 3 is 3.05 bits per heavy atom. The van der Waals surface area contributed by atoms with Gasteiger partial charge >= 0.3 is 5.97 Å². The minimum atomic E-state index is -0.950. The topological polar surface area (TPSA) is 71.4 Å². The van der Waals surface area contributed by atoms with E-state index in [1.807, 2.05) is 6.07 Å². The van der Waals surface area contributed by atoms with Gasteiger partial charge in [-0.2, -0.15) is 0 Å². The van der Waals surface area contributed by atoms with Crippen LogP contribution in [0.2, 0.25) is 0 Å². The largest absolute Gasteiger partial charge is 0.448 e. The van der Waals surface area contributed by atoms with E-state index >= 15 is 0 Å². The second-order valence-electron chi connectivity index (χ2n) is 4.27. The molecule has 1 aromatic rings. The molecule has 0 amide bonds. The summed E-state index contributed by atoms with van der Waals surface area (Å²) in [7, 11) is 0. The van der Waals surface area contributed by atoms with Crippen LogP contribution in [0, 0.1) is 0 Å². The number of hydroxylamine groups is 2. The highest BCUT2D eigenvalue weighted by molar-refractivity contribution is 6.02. The summed E-state index contributed by atoms with van der Waals surface area (Å²) in [6.45, 7) is 1.30.